The van der Waals surface area contributed by atoms with Gasteiger partial charge in [0.15, 0.2) is 13.1 Å². The second-order valence-electron chi connectivity index (χ2n) is 5.69. The molecule has 1 atom stereocenters. The monoisotopic (exact) mass is 377 g/mol. The Balaban J connectivity index is 1.86. The Morgan fingerprint density at radius 1 is 1.04 bits per heavy atom. The molecule has 0 bridgehead atoms. The van der Waals surface area contributed by atoms with Crippen LogP contribution in [0.4, 0.5) is 17.1 Å². The first kappa shape index (κ1) is 19.4. The normalized spacial score (nSPS) is 11.5. The van der Waals surface area contributed by atoms with E-state index >= 15 is 0 Å². The fourth-order valence-corrected chi connectivity index (χ4v) is 2.41. The van der Waals surface area contributed by atoms with E-state index in [1.807, 2.05) is 0 Å². The molecule has 0 aliphatic carbocycles. The summed E-state index contributed by atoms with van der Waals surface area (Å²) in [5.41, 5.74) is 0.552. The number of halogens is 1. The summed E-state index contributed by atoms with van der Waals surface area (Å²) in [4.78, 5) is 35.1. The lowest BCUT2D eigenvalue weighted by molar-refractivity contribution is -0.862. The largest absolute Gasteiger partial charge is 0.322 e. The summed E-state index contributed by atoms with van der Waals surface area (Å²) in [6.07, 6.45) is 0. The molecule has 0 spiro atoms. The zero-order chi connectivity index (χ0) is 19.1. The van der Waals surface area contributed by atoms with Crippen LogP contribution in [0.5, 0.6) is 0 Å². The van der Waals surface area contributed by atoms with Gasteiger partial charge in [-0.3, -0.25) is 19.7 Å². The summed E-state index contributed by atoms with van der Waals surface area (Å²) in [6.45, 7) is 0.0486. The van der Waals surface area contributed by atoms with Crippen LogP contribution >= 0.6 is 11.6 Å². The summed E-state index contributed by atoms with van der Waals surface area (Å²) >= 11 is 5.78. The zero-order valence-electron chi connectivity index (χ0n) is 14.0. The number of nitrogens with zero attached hydrogens (tertiary/aromatic N) is 1. The highest BCUT2D eigenvalue weighted by Gasteiger charge is 2.18. The van der Waals surface area contributed by atoms with Crippen LogP contribution in [0.2, 0.25) is 5.02 Å². The van der Waals surface area contributed by atoms with Crippen LogP contribution in [-0.4, -0.2) is 36.9 Å². The minimum atomic E-state index is -0.564. The zero-order valence-corrected chi connectivity index (χ0v) is 14.7. The number of nitro benzene ring substituents is 1. The molecule has 0 aliphatic heterocycles. The molecule has 0 saturated carbocycles. The van der Waals surface area contributed by atoms with Gasteiger partial charge in [0.2, 0.25) is 0 Å². The molecule has 8 nitrogen and oxygen atoms in total. The first-order chi connectivity index (χ1) is 12.3. The number of nitro groups is 1. The third-order valence-corrected chi connectivity index (χ3v) is 3.68. The van der Waals surface area contributed by atoms with E-state index in [1.54, 1.807) is 37.4 Å². The quantitative estimate of drug-likeness (QED) is 0.500. The molecule has 26 heavy (non-hydrogen) atoms. The van der Waals surface area contributed by atoms with Crippen LogP contribution in [0.3, 0.4) is 0 Å². The van der Waals surface area contributed by atoms with Gasteiger partial charge in [-0.05, 0) is 30.3 Å². The van der Waals surface area contributed by atoms with Gasteiger partial charge in [-0.2, -0.15) is 0 Å². The number of anilines is 2. The molecular formula is C17H18ClN4O4+. The molecule has 2 aromatic carbocycles. The molecule has 0 aliphatic rings. The third-order valence-electron chi connectivity index (χ3n) is 3.43. The van der Waals surface area contributed by atoms with E-state index in [9.17, 15) is 19.7 Å². The van der Waals surface area contributed by atoms with Crippen molar-refractivity contribution in [2.24, 2.45) is 0 Å². The first-order valence-corrected chi connectivity index (χ1v) is 8.13. The third kappa shape index (κ3) is 5.83. The maximum atomic E-state index is 12.1. The molecule has 2 amide bonds. The Morgan fingerprint density at radius 2 is 1.62 bits per heavy atom. The molecule has 2 aromatic rings. The second kappa shape index (κ2) is 8.93. The molecule has 1 unspecified atom stereocenters. The van der Waals surface area contributed by atoms with E-state index in [0.29, 0.717) is 15.6 Å². The van der Waals surface area contributed by atoms with Gasteiger partial charge >= 0.3 is 0 Å². The van der Waals surface area contributed by atoms with Crippen LogP contribution < -0.4 is 15.5 Å². The highest BCUT2D eigenvalue weighted by atomic mass is 35.5. The average molecular weight is 378 g/mol. The van der Waals surface area contributed by atoms with Crippen LogP contribution in [0, 0.1) is 10.1 Å². The number of carbonyl (C=O) groups is 2. The Bertz CT molecular complexity index is 811. The Kier molecular flexibility index (Phi) is 6.65. The number of hydrogen-bond donors (Lipinski definition) is 3. The van der Waals surface area contributed by atoms with E-state index in [2.05, 4.69) is 10.6 Å². The number of quaternary nitrogens is 1. The number of benzene rings is 2. The molecule has 0 saturated heterocycles. The van der Waals surface area contributed by atoms with Gasteiger partial charge in [0.05, 0.1) is 12.0 Å². The lowest BCUT2D eigenvalue weighted by Gasteiger charge is -2.14. The fraction of sp³-hybridized carbons (Fsp3) is 0.176. The SMILES string of the molecule is C[NH+](CC(=O)Nc1ccc(Cl)cc1)CC(=O)Nc1ccccc1[N+](=O)[O-]. The topological polar surface area (TPSA) is 106 Å². The fourth-order valence-electron chi connectivity index (χ4n) is 2.28. The molecule has 2 rings (SSSR count). The predicted octanol–water partition coefficient (Wildman–Crippen LogP) is 1.34. The van der Waals surface area contributed by atoms with Gasteiger partial charge in [0.25, 0.3) is 17.5 Å². The van der Waals surface area contributed by atoms with Gasteiger partial charge in [0, 0.05) is 16.8 Å². The lowest BCUT2D eigenvalue weighted by atomic mass is 10.2. The smallest absolute Gasteiger partial charge is 0.292 e. The van der Waals surface area contributed by atoms with Crippen molar-refractivity contribution in [2.75, 3.05) is 30.8 Å². The number of para-hydroxylation sites is 2. The number of nitrogens with one attached hydrogen (secondary N) is 3. The molecule has 0 heterocycles. The molecule has 0 aromatic heterocycles. The average Bonchev–Trinajstić information content (AvgIpc) is 2.56. The summed E-state index contributed by atoms with van der Waals surface area (Å²) in [5.74, 6) is -0.681. The number of likely N-dealkylation sites (N-methyl/N-ethyl adjacent to an activating group) is 1. The summed E-state index contributed by atoms with van der Waals surface area (Å²) in [6, 6.07) is 12.6. The minimum Gasteiger partial charge on any atom is -0.322 e. The molecule has 3 N–H and O–H groups in total. The minimum absolute atomic E-state index is 0.0138. The maximum absolute atomic E-state index is 12.1. The van der Waals surface area contributed by atoms with Crippen LogP contribution in [-0.2, 0) is 9.59 Å². The van der Waals surface area contributed by atoms with Gasteiger partial charge in [-0.25, -0.2) is 0 Å². The number of hydrogen-bond acceptors (Lipinski definition) is 4. The van der Waals surface area contributed by atoms with Crippen molar-refractivity contribution in [2.45, 2.75) is 0 Å². The van der Waals surface area contributed by atoms with Crippen LogP contribution in [0.25, 0.3) is 0 Å². The number of amides is 2. The lowest BCUT2D eigenvalue weighted by Crippen LogP contribution is -3.11. The maximum Gasteiger partial charge on any atom is 0.292 e. The summed E-state index contributed by atoms with van der Waals surface area (Å²) < 4.78 is 0. The summed E-state index contributed by atoms with van der Waals surface area (Å²) in [5, 5.41) is 16.7. The number of rotatable bonds is 7. The van der Waals surface area contributed by atoms with Gasteiger partial charge < -0.3 is 15.5 Å². The van der Waals surface area contributed by atoms with E-state index in [0.717, 1.165) is 0 Å². The molecular weight excluding hydrogens is 360 g/mol. The van der Waals surface area contributed by atoms with E-state index in [1.165, 1.54) is 18.2 Å². The standard InChI is InChI=1S/C17H17ClN4O4/c1-21(10-16(23)19-13-8-6-12(18)7-9-13)11-17(24)20-14-4-2-3-5-15(14)22(25)26/h2-9H,10-11H2,1H3,(H,19,23)(H,20,24)/p+1. The van der Waals surface area contributed by atoms with Crippen molar-refractivity contribution in [1.29, 1.82) is 0 Å². The Labute approximate surface area is 154 Å². The van der Waals surface area contributed by atoms with Crippen molar-refractivity contribution in [3.8, 4) is 0 Å². The van der Waals surface area contributed by atoms with Gasteiger partial charge in [-0.1, -0.05) is 23.7 Å². The second-order valence-corrected chi connectivity index (χ2v) is 6.12. The molecule has 136 valence electrons. The highest BCUT2D eigenvalue weighted by Crippen LogP contribution is 2.22. The van der Waals surface area contributed by atoms with Crippen molar-refractivity contribution in [1.82, 2.24) is 0 Å². The molecule has 0 radical (unpaired) electrons. The highest BCUT2D eigenvalue weighted by molar-refractivity contribution is 6.30. The Hall–Kier alpha value is -2.97. The van der Waals surface area contributed by atoms with Crippen molar-refractivity contribution >= 4 is 40.5 Å². The van der Waals surface area contributed by atoms with Gasteiger partial charge in [0.1, 0.15) is 5.69 Å². The van der Waals surface area contributed by atoms with Gasteiger partial charge in [-0.15, -0.1) is 0 Å². The molecule has 0 fully saturated rings. The Morgan fingerprint density at radius 3 is 2.23 bits per heavy atom. The molecule has 9 heteroatoms. The van der Waals surface area contributed by atoms with Crippen molar-refractivity contribution in [3.63, 3.8) is 0 Å². The van der Waals surface area contributed by atoms with Crippen LogP contribution in [0.15, 0.2) is 48.5 Å². The van der Waals surface area contributed by atoms with E-state index in [-0.39, 0.29) is 30.4 Å². The van der Waals surface area contributed by atoms with Crippen molar-refractivity contribution < 1.29 is 19.4 Å². The summed E-state index contributed by atoms with van der Waals surface area (Å²) in [7, 11) is 1.68. The van der Waals surface area contributed by atoms with Crippen molar-refractivity contribution in [3.05, 3.63) is 63.7 Å². The number of carbonyl (C=O) groups excluding carboxylic acids is 2. The van der Waals surface area contributed by atoms with E-state index in [4.69, 9.17) is 11.6 Å². The predicted molar refractivity (Wildman–Crippen MR) is 98.4 cm³/mol. The first-order valence-electron chi connectivity index (χ1n) is 7.75. The van der Waals surface area contributed by atoms with E-state index < -0.39 is 10.8 Å². The van der Waals surface area contributed by atoms with Crippen LogP contribution in [0.1, 0.15) is 0 Å².